The molecule has 0 atom stereocenters. The molecular weight excluding hydrogens is 356 g/mol. The second-order valence-corrected chi connectivity index (χ2v) is 8.44. The SMILES string of the molecule is CC(=O)OC/C=C(\C)CC/C=C(\C)CC/C=C(\C)CC/C=C(\C)CCC=C(C)C. The van der Waals surface area contributed by atoms with Crippen molar-refractivity contribution in [1.82, 2.24) is 0 Å². The molecular formula is C27H44O2. The molecule has 0 N–H and O–H groups in total. The summed E-state index contributed by atoms with van der Waals surface area (Å²) in [6.07, 6.45) is 20.4. The van der Waals surface area contributed by atoms with E-state index in [0.29, 0.717) is 6.61 Å². The van der Waals surface area contributed by atoms with Gasteiger partial charge in [-0.1, -0.05) is 52.2 Å². The molecule has 0 heterocycles. The first kappa shape index (κ1) is 27.2. The molecule has 0 aliphatic heterocycles. The molecule has 2 heteroatoms. The van der Waals surface area contributed by atoms with Gasteiger partial charge in [-0.05, 0) is 99.0 Å². The van der Waals surface area contributed by atoms with Crippen molar-refractivity contribution in [3.63, 3.8) is 0 Å². The molecule has 2 nitrogen and oxygen atoms in total. The molecule has 0 unspecified atom stereocenters. The fraction of sp³-hybridized carbons (Fsp3) is 0.593. The van der Waals surface area contributed by atoms with Gasteiger partial charge in [-0.25, -0.2) is 0 Å². The van der Waals surface area contributed by atoms with Gasteiger partial charge in [0.05, 0.1) is 0 Å². The highest BCUT2D eigenvalue weighted by Crippen LogP contribution is 2.14. The molecule has 0 aromatic rings. The predicted octanol–water partition coefficient (Wildman–Crippen LogP) is 8.42. The Hall–Kier alpha value is -1.83. The van der Waals surface area contributed by atoms with E-state index in [2.05, 4.69) is 65.8 Å². The number of hydrogen-bond donors (Lipinski definition) is 0. The first-order chi connectivity index (χ1) is 13.7. The van der Waals surface area contributed by atoms with Crippen LogP contribution in [0.3, 0.4) is 0 Å². The second kappa shape index (κ2) is 17.1. The van der Waals surface area contributed by atoms with Crippen molar-refractivity contribution in [3.05, 3.63) is 58.2 Å². The number of carbonyl (C=O) groups is 1. The van der Waals surface area contributed by atoms with Crippen LogP contribution >= 0.6 is 0 Å². The first-order valence-corrected chi connectivity index (χ1v) is 11.1. The number of esters is 1. The lowest BCUT2D eigenvalue weighted by Crippen LogP contribution is -1.98. The minimum atomic E-state index is -0.223. The van der Waals surface area contributed by atoms with E-state index in [0.717, 1.165) is 44.9 Å². The molecule has 0 spiro atoms. The molecule has 0 aliphatic rings. The van der Waals surface area contributed by atoms with Gasteiger partial charge in [-0.2, -0.15) is 0 Å². The fourth-order valence-corrected chi connectivity index (χ4v) is 2.94. The summed E-state index contributed by atoms with van der Waals surface area (Å²) in [5.41, 5.74) is 7.14. The molecule has 0 aliphatic carbocycles. The lowest BCUT2D eigenvalue weighted by atomic mass is 10.0. The third-order valence-electron chi connectivity index (χ3n) is 4.90. The van der Waals surface area contributed by atoms with Crippen LogP contribution in [0.5, 0.6) is 0 Å². The molecule has 0 saturated heterocycles. The molecule has 29 heavy (non-hydrogen) atoms. The van der Waals surface area contributed by atoms with Gasteiger partial charge >= 0.3 is 5.97 Å². The van der Waals surface area contributed by atoms with Gasteiger partial charge < -0.3 is 4.74 Å². The third kappa shape index (κ3) is 19.3. The van der Waals surface area contributed by atoms with Gasteiger partial charge in [0.25, 0.3) is 0 Å². The van der Waals surface area contributed by atoms with Crippen LogP contribution in [-0.2, 0) is 9.53 Å². The van der Waals surface area contributed by atoms with Crippen molar-refractivity contribution in [3.8, 4) is 0 Å². The van der Waals surface area contributed by atoms with Crippen molar-refractivity contribution >= 4 is 5.97 Å². The van der Waals surface area contributed by atoms with Crippen molar-refractivity contribution in [2.24, 2.45) is 0 Å². The molecule has 0 saturated carbocycles. The van der Waals surface area contributed by atoms with Crippen LogP contribution in [0.4, 0.5) is 0 Å². The monoisotopic (exact) mass is 400 g/mol. The van der Waals surface area contributed by atoms with Crippen molar-refractivity contribution in [2.45, 2.75) is 99.8 Å². The number of allylic oxidation sites excluding steroid dienone is 9. The van der Waals surface area contributed by atoms with Crippen molar-refractivity contribution in [2.75, 3.05) is 6.61 Å². The summed E-state index contributed by atoms with van der Waals surface area (Å²) in [4.78, 5) is 10.8. The highest BCUT2D eigenvalue weighted by atomic mass is 16.5. The normalized spacial score (nSPS) is 13.5. The Bertz CT molecular complexity index is 623. The summed E-state index contributed by atoms with van der Waals surface area (Å²) in [5.74, 6) is -0.223. The summed E-state index contributed by atoms with van der Waals surface area (Å²) >= 11 is 0. The van der Waals surface area contributed by atoms with Crippen LogP contribution in [0.25, 0.3) is 0 Å². The van der Waals surface area contributed by atoms with Crippen LogP contribution in [0.15, 0.2) is 58.2 Å². The molecule has 0 amide bonds. The van der Waals surface area contributed by atoms with Crippen LogP contribution < -0.4 is 0 Å². The largest absolute Gasteiger partial charge is 0.462 e. The van der Waals surface area contributed by atoms with E-state index < -0.39 is 0 Å². The first-order valence-electron chi connectivity index (χ1n) is 11.1. The van der Waals surface area contributed by atoms with Crippen LogP contribution in [0.2, 0.25) is 0 Å². The number of carbonyl (C=O) groups excluding carboxylic acids is 1. The van der Waals surface area contributed by atoms with E-state index in [1.54, 1.807) is 0 Å². The highest BCUT2D eigenvalue weighted by Gasteiger charge is 1.95. The molecule has 0 aromatic carbocycles. The van der Waals surface area contributed by atoms with Gasteiger partial charge in [-0.15, -0.1) is 0 Å². The van der Waals surface area contributed by atoms with Crippen LogP contribution in [0.1, 0.15) is 99.8 Å². The number of hydrogen-bond acceptors (Lipinski definition) is 2. The Labute approximate surface area is 180 Å². The molecule has 0 radical (unpaired) electrons. The Morgan fingerprint density at radius 1 is 0.552 bits per heavy atom. The number of ether oxygens (including phenoxy) is 1. The average Bonchev–Trinajstić information content (AvgIpc) is 2.61. The Morgan fingerprint density at radius 2 is 0.897 bits per heavy atom. The van der Waals surface area contributed by atoms with Gasteiger partial charge in [0, 0.05) is 6.92 Å². The quantitative estimate of drug-likeness (QED) is 0.216. The summed E-state index contributed by atoms with van der Waals surface area (Å²) in [6.45, 7) is 15.0. The maximum atomic E-state index is 10.8. The molecule has 0 bridgehead atoms. The topological polar surface area (TPSA) is 26.3 Å². The summed E-state index contributed by atoms with van der Waals surface area (Å²) in [6, 6.07) is 0. The lowest BCUT2D eigenvalue weighted by molar-refractivity contribution is -0.139. The van der Waals surface area contributed by atoms with E-state index in [1.165, 1.54) is 41.2 Å². The van der Waals surface area contributed by atoms with Gasteiger partial charge in [-0.3, -0.25) is 4.79 Å². The Kier molecular flexibility index (Phi) is 16.0. The smallest absolute Gasteiger partial charge is 0.302 e. The number of rotatable bonds is 14. The lowest BCUT2D eigenvalue weighted by Gasteiger charge is -2.03. The van der Waals surface area contributed by atoms with Crippen LogP contribution in [0, 0.1) is 0 Å². The highest BCUT2D eigenvalue weighted by molar-refractivity contribution is 5.66. The summed E-state index contributed by atoms with van der Waals surface area (Å²) in [5, 5.41) is 0. The van der Waals surface area contributed by atoms with Crippen molar-refractivity contribution < 1.29 is 9.53 Å². The molecule has 0 rings (SSSR count). The fourth-order valence-electron chi connectivity index (χ4n) is 2.94. The third-order valence-corrected chi connectivity index (χ3v) is 4.90. The predicted molar refractivity (Wildman–Crippen MR) is 128 cm³/mol. The minimum Gasteiger partial charge on any atom is -0.462 e. The molecule has 164 valence electrons. The summed E-state index contributed by atoms with van der Waals surface area (Å²) in [7, 11) is 0. The average molecular weight is 401 g/mol. The molecule has 0 fully saturated rings. The van der Waals surface area contributed by atoms with E-state index in [-0.39, 0.29) is 5.97 Å². The zero-order valence-corrected chi connectivity index (χ0v) is 20.1. The van der Waals surface area contributed by atoms with Gasteiger partial charge in [0.1, 0.15) is 6.61 Å². The van der Waals surface area contributed by atoms with Crippen molar-refractivity contribution in [1.29, 1.82) is 0 Å². The minimum absolute atomic E-state index is 0.223. The standard InChI is InChI=1S/C27H44O2/c1-22(2)12-8-13-23(3)14-9-15-24(4)16-10-17-25(5)18-11-19-26(6)20-21-29-27(7)28/h12,14,16,18,20H,8-11,13,15,17,19,21H2,1-7H3/b23-14+,24-16+,25-18+,26-20+. The molecule has 0 aromatic heterocycles. The Morgan fingerprint density at radius 3 is 1.24 bits per heavy atom. The maximum Gasteiger partial charge on any atom is 0.302 e. The van der Waals surface area contributed by atoms with Gasteiger partial charge in [0.2, 0.25) is 0 Å². The maximum absolute atomic E-state index is 10.8. The van der Waals surface area contributed by atoms with Gasteiger partial charge in [0.15, 0.2) is 0 Å². The van der Waals surface area contributed by atoms with E-state index in [9.17, 15) is 4.79 Å². The zero-order chi connectivity index (χ0) is 22.1. The van der Waals surface area contributed by atoms with E-state index in [4.69, 9.17) is 4.74 Å². The van der Waals surface area contributed by atoms with E-state index >= 15 is 0 Å². The summed E-state index contributed by atoms with van der Waals surface area (Å²) < 4.78 is 4.94. The second-order valence-electron chi connectivity index (χ2n) is 8.44. The zero-order valence-electron chi connectivity index (χ0n) is 20.1. The van der Waals surface area contributed by atoms with E-state index in [1.807, 2.05) is 6.08 Å². The Balaban J connectivity index is 4.06. The van der Waals surface area contributed by atoms with Crippen LogP contribution in [-0.4, -0.2) is 12.6 Å².